The van der Waals surface area contributed by atoms with E-state index >= 15 is 0 Å². The van der Waals surface area contributed by atoms with E-state index in [9.17, 15) is 0 Å². The third kappa shape index (κ3) is 1.91. The van der Waals surface area contributed by atoms with Crippen LogP contribution in [0.15, 0.2) is 60.3 Å². The van der Waals surface area contributed by atoms with Crippen LogP contribution in [0.5, 0.6) is 0 Å². The van der Waals surface area contributed by atoms with Gasteiger partial charge in [0, 0.05) is 16.8 Å². The van der Waals surface area contributed by atoms with Gasteiger partial charge in [-0.3, -0.25) is 0 Å². The van der Waals surface area contributed by atoms with Gasteiger partial charge in [0.2, 0.25) is 0 Å². The van der Waals surface area contributed by atoms with Gasteiger partial charge in [0.15, 0.2) is 5.72 Å². The highest BCUT2D eigenvalue weighted by atomic mass is 16.5. The number of nitrogens with zero attached hydrogens (tertiary/aromatic N) is 1. The number of benzene rings is 2. The second-order valence-electron chi connectivity index (χ2n) is 7.02. The summed E-state index contributed by atoms with van der Waals surface area (Å²) in [6.07, 6.45) is 3.32. The van der Waals surface area contributed by atoms with Gasteiger partial charge in [0.05, 0.1) is 12.1 Å². The highest BCUT2D eigenvalue weighted by molar-refractivity contribution is 5.64. The quantitative estimate of drug-likeness (QED) is 0.793. The van der Waals surface area contributed by atoms with Crippen molar-refractivity contribution in [2.24, 2.45) is 0 Å². The molecule has 4 rings (SSSR count). The third-order valence-electron chi connectivity index (χ3n) is 5.02. The molecule has 2 heterocycles. The highest BCUT2D eigenvalue weighted by Crippen LogP contribution is 2.53. The molecule has 1 unspecified atom stereocenters. The minimum absolute atomic E-state index is 0.0365. The second kappa shape index (κ2) is 4.97. The maximum atomic E-state index is 6.59. The fourth-order valence-electron chi connectivity index (χ4n) is 4.09. The van der Waals surface area contributed by atoms with Crippen LogP contribution in [0.1, 0.15) is 43.9 Å². The molecule has 0 N–H and O–H groups in total. The number of rotatable bonds is 2. The van der Waals surface area contributed by atoms with E-state index in [1.54, 1.807) is 0 Å². The molecular formula is C21H23NO. The zero-order valence-electron chi connectivity index (χ0n) is 14.0. The Bertz CT molecular complexity index is 762. The standard InChI is InChI=1S/C21H23NO/c1-4-18-14-16-10-8-9-13-19(16)21(17-11-6-5-7-12-17)22(18)20(2,3)15-23-21/h5-14H,4,15H2,1-3H3. The summed E-state index contributed by atoms with van der Waals surface area (Å²) in [4.78, 5) is 2.50. The third-order valence-corrected chi connectivity index (χ3v) is 5.02. The molecule has 0 bridgehead atoms. The van der Waals surface area contributed by atoms with E-state index in [0.717, 1.165) is 6.42 Å². The van der Waals surface area contributed by atoms with Crippen molar-refractivity contribution >= 4 is 6.08 Å². The van der Waals surface area contributed by atoms with Crippen molar-refractivity contribution in [1.29, 1.82) is 0 Å². The molecule has 2 heteroatoms. The van der Waals surface area contributed by atoms with E-state index in [4.69, 9.17) is 4.74 Å². The van der Waals surface area contributed by atoms with Crippen molar-refractivity contribution in [3.8, 4) is 0 Å². The molecule has 1 atom stereocenters. The van der Waals surface area contributed by atoms with Gasteiger partial charge in [-0.05, 0) is 31.9 Å². The summed E-state index contributed by atoms with van der Waals surface area (Å²) in [5.74, 6) is 0. The van der Waals surface area contributed by atoms with Crippen LogP contribution in [0, 0.1) is 0 Å². The molecule has 118 valence electrons. The van der Waals surface area contributed by atoms with Gasteiger partial charge in [-0.25, -0.2) is 0 Å². The predicted molar refractivity (Wildman–Crippen MR) is 93.8 cm³/mol. The topological polar surface area (TPSA) is 12.5 Å². The van der Waals surface area contributed by atoms with Crippen molar-refractivity contribution in [1.82, 2.24) is 4.90 Å². The lowest BCUT2D eigenvalue weighted by Crippen LogP contribution is -2.52. The molecule has 2 aliphatic rings. The first-order valence-corrected chi connectivity index (χ1v) is 8.39. The molecule has 2 aromatic rings. The van der Waals surface area contributed by atoms with Crippen molar-refractivity contribution in [3.63, 3.8) is 0 Å². The van der Waals surface area contributed by atoms with E-state index in [1.165, 1.54) is 22.4 Å². The largest absolute Gasteiger partial charge is 0.345 e. The zero-order valence-corrected chi connectivity index (χ0v) is 14.0. The first-order chi connectivity index (χ1) is 11.1. The minimum atomic E-state index is -0.512. The average Bonchev–Trinajstić information content (AvgIpc) is 2.88. The number of fused-ring (bicyclic) bond motifs is 3. The molecule has 2 nitrogen and oxygen atoms in total. The SMILES string of the molecule is CCC1=Cc2ccccc2C2(c3ccccc3)OCC(C)(C)N12. The van der Waals surface area contributed by atoms with Crippen molar-refractivity contribution < 1.29 is 4.74 Å². The van der Waals surface area contributed by atoms with Crippen LogP contribution >= 0.6 is 0 Å². The van der Waals surface area contributed by atoms with Gasteiger partial charge in [0.25, 0.3) is 0 Å². The molecule has 2 aliphatic heterocycles. The van der Waals surface area contributed by atoms with Gasteiger partial charge in [-0.15, -0.1) is 0 Å². The van der Waals surface area contributed by atoms with E-state index in [0.29, 0.717) is 6.61 Å². The molecule has 0 amide bonds. The number of ether oxygens (including phenoxy) is 1. The summed E-state index contributed by atoms with van der Waals surface area (Å²) in [5, 5.41) is 0. The van der Waals surface area contributed by atoms with Gasteiger partial charge >= 0.3 is 0 Å². The summed E-state index contributed by atoms with van der Waals surface area (Å²) in [5.41, 5.74) is 4.51. The van der Waals surface area contributed by atoms with Gasteiger partial charge in [0.1, 0.15) is 0 Å². The fraction of sp³-hybridized carbons (Fsp3) is 0.333. The van der Waals surface area contributed by atoms with Crippen molar-refractivity contribution in [2.45, 2.75) is 38.5 Å². The van der Waals surface area contributed by atoms with Crippen LogP contribution in [0.4, 0.5) is 0 Å². The summed E-state index contributed by atoms with van der Waals surface area (Å²) in [6, 6.07) is 19.3. The van der Waals surface area contributed by atoms with E-state index < -0.39 is 5.72 Å². The first kappa shape index (κ1) is 14.5. The van der Waals surface area contributed by atoms with Crippen LogP contribution in [-0.4, -0.2) is 17.0 Å². The van der Waals surface area contributed by atoms with Crippen LogP contribution in [-0.2, 0) is 10.5 Å². The molecule has 0 aromatic heterocycles. The van der Waals surface area contributed by atoms with Crippen LogP contribution in [0.2, 0.25) is 0 Å². The Kier molecular flexibility index (Phi) is 3.14. The van der Waals surface area contributed by atoms with Gasteiger partial charge < -0.3 is 9.64 Å². The number of hydrogen-bond donors (Lipinski definition) is 0. The Morgan fingerprint density at radius 3 is 2.43 bits per heavy atom. The maximum absolute atomic E-state index is 6.59. The smallest absolute Gasteiger partial charge is 0.194 e. The van der Waals surface area contributed by atoms with Crippen LogP contribution < -0.4 is 0 Å². The fourth-order valence-corrected chi connectivity index (χ4v) is 4.09. The molecule has 0 spiro atoms. The van der Waals surface area contributed by atoms with Gasteiger partial charge in [-0.1, -0.05) is 61.5 Å². The Labute approximate surface area is 138 Å². The second-order valence-corrected chi connectivity index (χ2v) is 7.02. The lowest BCUT2D eigenvalue weighted by atomic mass is 9.83. The monoisotopic (exact) mass is 305 g/mol. The Morgan fingerprint density at radius 2 is 1.70 bits per heavy atom. The summed E-state index contributed by atoms with van der Waals surface area (Å²) in [7, 11) is 0. The lowest BCUT2D eigenvalue weighted by molar-refractivity contribution is -0.0457. The Balaban J connectivity index is 2.06. The summed E-state index contributed by atoms with van der Waals surface area (Å²) >= 11 is 0. The van der Waals surface area contributed by atoms with E-state index in [-0.39, 0.29) is 5.54 Å². The molecule has 1 saturated heterocycles. The Hall–Kier alpha value is -2.06. The molecule has 2 aromatic carbocycles. The molecule has 0 radical (unpaired) electrons. The normalized spacial score (nSPS) is 24.8. The molecule has 1 fully saturated rings. The minimum Gasteiger partial charge on any atom is -0.345 e. The first-order valence-electron chi connectivity index (χ1n) is 8.39. The lowest BCUT2D eigenvalue weighted by Gasteiger charge is -2.48. The molecular weight excluding hydrogens is 282 g/mol. The zero-order chi connectivity index (χ0) is 16.1. The van der Waals surface area contributed by atoms with Gasteiger partial charge in [-0.2, -0.15) is 0 Å². The Morgan fingerprint density at radius 1 is 1.00 bits per heavy atom. The molecule has 0 aliphatic carbocycles. The average molecular weight is 305 g/mol. The number of hydrogen-bond acceptors (Lipinski definition) is 2. The van der Waals surface area contributed by atoms with Crippen molar-refractivity contribution in [2.75, 3.05) is 6.61 Å². The summed E-state index contributed by atoms with van der Waals surface area (Å²) in [6.45, 7) is 7.49. The van der Waals surface area contributed by atoms with E-state index in [2.05, 4.69) is 86.3 Å². The van der Waals surface area contributed by atoms with Crippen LogP contribution in [0.3, 0.4) is 0 Å². The summed E-state index contributed by atoms with van der Waals surface area (Å²) < 4.78 is 6.59. The van der Waals surface area contributed by atoms with Crippen molar-refractivity contribution in [3.05, 3.63) is 77.0 Å². The predicted octanol–water partition coefficient (Wildman–Crippen LogP) is 4.76. The molecule has 0 saturated carbocycles. The number of allylic oxidation sites excluding steroid dienone is 1. The molecule has 23 heavy (non-hydrogen) atoms. The highest BCUT2D eigenvalue weighted by Gasteiger charge is 2.56. The van der Waals surface area contributed by atoms with E-state index in [1.807, 2.05) is 0 Å². The van der Waals surface area contributed by atoms with Crippen LogP contribution in [0.25, 0.3) is 6.08 Å². The maximum Gasteiger partial charge on any atom is 0.194 e.